The van der Waals surface area contributed by atoms with Crippen molar-refractivity contribution in [1.29, 1.82) is 0 Å². The fourth-order valence-electron chi connectivity index (χ4n) is 5.19. The quantitative estimate of drug-likeness (QED) is 0.251. The second-order valence-corrected chi connectivity index (χ2v) is 13.5. The van der Waals surface area contributed by atoms with E-state index in [2.05, 4.69) is 10.6 Å². The van der Waals surface area contributed by atoms with Crippen molar-refractivity contribution in [3.05, 3.63) is 77.4 Å². The van der Waals surface area contributed by atoms with Crippen LogP contribution in [-0.2, 0) is 14.3 Å². The van der Waals surface area contributed by atoms with E-state index in [1.54, 1.807) is 25.7 Å². The zero-order valence-corrected chi connectivity index (χ0v) is 27.5. The van der Waals surface area contributed by atoms with Crippen LogP contribution in [0, 0.1) is 19.8 Å². The summed E-state index contributed by atoms with van der Waals surface area (Å²) in [5, 5.41) is 8.03. The number of anilines is 1. The molecular weight excluding hydrogens is 538 g/mol. The van der Waals surface area contributed by atoms with Gasteiger partial charge in [0, 0.05) is 11.2 Å². The van der Waals surface area contributed by atoms with E-state index in [0.717, 1.165) is 27.5 Å². The highest BCUT2D eigenvalue weighted by Crippen LogP contribution is 2.35. The lowest BCUT2D eigenvalue weighted by Crippen LogP contribution is -2.59. The Labute approximate surface area is 257 Å². The number of hydrogen-bond donors (Lipinski definition) is 2. The van der Waals surface area contributed by atoms with E-state index >= 15 is 0 Å². The van der Waals surface area contributed by atoms with Gasteiger partial charge in [0.25, 0.3) is 5.91 Å². The average Bonchev–Trinajstić information content (AvgIpc) is 2.91. The van der Waals surface area contributed by atoms with Gasteiger partial charge in [-0.1, -0.05) is 74.9 Å². The van der Waals surface area contributed by atoms with Crippen molar-refractivity contribution >= 4 is 34.4 Å². The van der Waals surface area contributed by atoms with Crippen LogP contribution in [0.5, 0.6) is 0 Å². The molecule has 0 saturated carbocycles. The molecule has 0 aliphatic carbocycles. The number of alkyl carbamates (subject to hydrolysis) is 1. The number of fused-ring (bicyclic) bond motifs is 1. The maximum Gasteiger partial charge on any atom is 0.408 e. The zero-order chi connectivity index (χ0) is 32.1. The summed E-state index contributed by atoms with van der Waals surface area (Å²) in [7, 11) is 0. The summed E-state index contributed by atoms with van der Waals surface area (Å²) >= 11 is 0. The van der Waals surface area contributed by atoms with Crippen LogP contribution in [0.25, 0.3) is 10.8 Å². The molecule has 0 aliphatic rings. The standard InChI is InChI=1S/C36H49N3O4/c1-11-36(9,10)39(33(41)30(20-23(2)3)38-34(42)43-35(6,7)8)31(29-21-24(4)16-17-25(29)5)32(40)37-28-19-18-26-14-12-13-15-27(26)22-28/h12-19,21-23,30-31H,11,20H2,1-10H3,(H,37,40)(H,38,42). The van der Waals surface area contributed by atoms with E-state index in [9.17, 15) is 14.4 Å². The lowest BCUT2D eigenvalue weighted by atomic mass is 9.89. The third-order valence-electron chi connectivity index (χ3n) is 7.70. The Kier molecular flexibility index (Phi) is 10.7. The molecule has 0 bridgehead atoms. The number of ether oxygens (including phenoxy) is 1. The summed E-state index contributed by atoms with van der Waals surface area (Å²) in [6.07, 6.45) is 0.314. The summed E-state index contributed by atoms with van der Waals surface area (Å²) in [5.41, 5.74) is 1.81. The molecule has 2 unspecified atom stereocenters. The first-order valence-electron chi connectivity index (χ1n) is 15.2. The third kappa shape index (κ3) is 8.82. The van der Waals surface area contributed by atoms with Crippen molar-refractivity contribution in [1.82, 2.24) is 10.2 Å². The molecule has 7 heteroatoms. The Morgan fingerprint density at radius 3 is 2.14 bits per heavy atom. The molecule has 2 N–H and O–H groups in total. The monoisotopic (exact) mass is 587 g/mol. The van der Waals surface area contributed by atoms with Crippen molar-refractivity contribution in [3.63, 3.8) is 0 Å². The minimum atomic E-state index is -0.955. The Bertz CT molecular complexity index is 1450. The largest absolute Gasteiger partial charge is 0.444 e. The highest BCUT2D eigenvalue weighted by atomic mass is 16.6. The minimum Gasteiger partial charge on any atom is -0.444 e. The molecule has 0 fully saturated rings. The first kappa shape index (κ1) is 33.6. The molecule has 0 radical (unpaired) electrons. The predicted octanol–water partition coefficient (Wildman–Crippen LogP) is 8.09. The molecule has 3 aromatic rings. The molecule has 43 heavy (non-hydrogen) atoms. The van der Waals surface area contributed by atoms with Crippen LogP contribution in [0.4, 0.5) is 10.5 Å². The van der Waals surface area contributed by atoms with Crippen LogP contribution >= 0.6 is 0 Å². The van der Waals surface area contributed by atoms with Crippen molar-refractivity contribution < 1.29 is 19.1 Å². The van der Waals surface area contributed by atoms with Gasteiger partial charge in [0.15, 0.2) is 0 Å². The van der Waals surface area contributed by atoms with Crippen LogP contribution in [0.1, 0.15) is 91.0 Å². The summed E-state index contributed by atoms with van der Waals surface area (Å²) in [6.45, 7) is 19.2. The van der Waals surface area contributed by atoms with Crippen LogP contribution in [0.2, 0.25) is 0 Å². The van der Waals surface area contributed by atoms with E-state index in [0.29, 0.717) is 18.5 Å². The summed E-state index contributed by atoms with van der Waals surface area (Å²) < 4.78 is 5.53. The smallest absolute Gasteiger partial charge is 0.408 e. The molecule has 0 saturated heterocycles. The normalized spacial score (nSPS) is 13.4. The van der Waals surface area contributed by atoms with E-state index in [4.69, 9.17) is 4.74 Å². The number of aryl methyl sites for hydroxylation is 2. The van der Waals surface area contributed by atoms with E-state index in [-0.39, 0.29) is 17.7 Å². The fraction of sp³-hybridized carbons (Fsp3) is 0.472. The van der Waals surface area contributed by atoms with Gasteiger partial charge in [0.1, 0.15) is 17.7 Å². The van der Waals surface area contributed by atoms with Crippen molar-refractivity contribution in [2.75, 3.05) is 5.32 Å². The summed E-state index contributed by atoms with van der Waals surface area (Å²) in [5.74, 6) is -0.550. The number of nitrogens with one attached hydrogen (secondary N) is 2. The third-order valence-corrected chi connectivity index (χ3v) is 7.70. The zero-order valence-electron chi connectivity index (χ0n) is 27.5. The molecule has 232 valence electrons. The molecule has 3 aromatic carbocycles. The molecular formula is C36H49N3O4. The minimum absolute atomic E-state index is 0.0982. The summed E-state index contributed by atoms with van der Waals surface area (Å²) in [6, 6.07) is 17.9. The molecule has 7 nitrogen and oxygen atoms in total. The fourth-order valence-corrected chi connectivity index (χ4v) is 5.19. The number of amides is 3. The van der Waals surface area contributed by atoms with E-state index in [1.807, 2.05) is 109 Å². The van der Waals surface area contributed by atoms with Crippen molar-refractivity contribution in [2.45, 2.75) is 105 Å². The first-order chi connectivity index (χ1) is 20.0. The van der Waals surface area contributed by atoms with Gasteiger partial charge in [0.05, 0.1) is 0 Å². The van der Waals surface area contributed by atoms with Gasteiger partial charge in [-0.2, -0.15) is 0 Å². The predicted molar refractivity (Wildman–Crippen MR) is 175 cm³/mol. The van der Waals surface area contributed by atoms with Gasteiger partial charge < -0.3 is 20.3 Å². The molecule has 3 amide bonds. The maximum absolute atomic E-state index is 14.7. The van der Waals surface area contributed by atoms with Gasteiger partial charge in [-0.3, -0.25) is 9.59 Å². The van der Waals surface area contributed by atoms with Crippen molar-refractivity contribution in [3.8, 4) is 0 Å². The van der Waals surface area contributed by atoms with E-state index in [1.165, 1.54) is 0 Å². The molecule has 3 rings (SSSR count). The maximum atomic E-state index is 14.7. The van der Waals surface area contributed by atoms with Crippen LogP contribution < -0.4 is 10.6 Å². The van der Waals surface area contributed by atoms with Gasteiger partial charge in [-0.25, -0.2) is 4.79 Å². The van der Waals surface area contributed by atoms with Gasteiger partial charge >= 0.3 is 6.09 Å². The number of benzene rings is 3. The van der Waals surface area contributed by atoms with Crippen LogP contribution in [0.15, 0.2) is 60.7 Å². The number of nitrogens with zero attached hydrogens (tertiary/aromatic N) is 1. The summed E-state index contributed by atoms with van der Waals surface area (Å²) in [4.78, 5) is 43.8. The average molecular weight is 588 g/mol. The van der Waals surface area contributed by atoms with Crippen LogP contribution in [0.3, 0.4) is 0 Å². The lowest BCUT2D eigenvalue weighted by molar-refractivity contribution is -0.148. The van der Waals surface area contributed by atoms with Crippen LogP contribution in [-0.4, -0.2) is 40.0 Å². The lowest BCUT2D eigenvalue weighted by Gasteiger charge is -2.45. The van der Waals surface area contributed by atoms with Gasteiger partial charge in [-0.05, 0) is 101 Å². The molecule has 0 aromatic heterocycles. The molecule has 0 aliphatic heterocycles. The topological polar surface area (TPSA) is 87.7 Å². The highest BCUT2D eigenvalue weighted by Gasteiger charge is 2.43. The molecule has 2 atom stereocenters. The number of hydrogen-bond acceptors (Lipinski definition) is 4. The molecule has 0 heterocycles. The highest BCUT2D eigenvalue weighted by molar-refractivity contribution is 6.01. The number of rotatable bonds is 10. The second-order valence-electron chi connectivity index (χ2n) is 13.5. The second kappa shape index (κ2) is 13.6. The first-order valence-corrected chi connectivity index (χ1v) is 15.2. The van der Waals surface area contributed by atoms with Gasteiger partial charge in [-0.15, -0.1) is 0 Å². The van der Waals surface area contributed by atoms with Crippen molar-refractivity contribution in [2.24, 2.45) is 5.92 Å². The Balaban J connectivity index is 2.15. The molecule has 0 spiro atoms. The van der Waals surface area contributed by atoms with Gasteiger partial charge in [0.2, 0.25) is 5.91 Å². The Morgan fingerprint density at radius 2 is 1.53 bits per heavy atom. The Hall–Kier alpha value is -3.87. The number of carbonyl (C=O) groups excluding carboxylic acids is 3. The van der Waals surface area contributed by atoms with E-state index < -0.39 is 29.3 Å². The number of carbonyl (C=O) groups is 3. The Morgan fingerprint density at radius 1 is 0.884 bits per heavy atom. The SMILES string of the molecule is CCC(C)(C)N(C(=O)C(CC(C)C)NC(=O)OC(C)(C)C)C(C(=O)Nc1ccc2ccccc2c1)c1cc(C)ccc1C.